The van der Waals surface area contributed by atoms with Crippen LogP contribution in [-0.4, -0.2) is 19.0 Å². The van der Waals surface area contributed by atoms with E-state index in [-0.39, 0.29) is 0 Å². The van der Waals surface area contributed by atoms with E-state index in [0.29, 0.717) is 0 Å². The van der Waals surface area contributed by atoms with Crippen LogP contribution in [0.25, 0.3) is 0 Å². The van der Waals surface area contributed by atoms with Crippen molar-refractivity contribution in [1.82, 2.24) is 4.90 Å². The molecule has 0 bridgehead atoms. The van der Waals surface area contributed by atoms with Gasteiger partial charge in [0.25, 0.3) is 0 Å². The quantitative estimate of drug-likeness (QED) is 0.831. The summed E-state index contributed by atoms with van der Waals surface area (Å²) in [6, 6.07) is 17.4. The van der Waals surface area contributed by atoms with Crippen molar-refractivity contribution in [3.8, 4) is 0 Å². The number of anilines is 1. The number of nitrogens with two attached hydrogens (primary N) is 1. The lowest BCUT2D eigenvalue weighted by molar-refractivity contribution is 0.402. The summed E-state index contributed by atoms with van der Waals surface area (Å²) in [5, 5.41) is 0. The molecule has 0 aliphatic heterocycles. The van der Waals surface area contributed by atoms with Gasteiger partial charge in [0.2, 0.25) is 0 Å². The Morgan fingerprint density at radius 1 is 1.17 bits per heavy atom. The average Bonchev–Trinajstić information content (AvgIpc) is 2.32. The molecule has 2 heteroatoms. The molecule has 2 nitrogen and oxygen atoms in total. The van der Waals surface area contributed by atoms with Gasteiger partial charge in [-0.1, -0.05) is 36.4 Å². The second kappa shape index (κ2) is 5.69. The van der Waals surface area contributed by atoms with Gasteiger partial charge in [-0.25, -0.2) is 0 Å². The topological polar surface area (TPSA) is 29.3 Å². The van der Waals surface area contributed by atoms with Gasteiger partial charge in [0.15, 0.2) is 0 Å². The highest BCUT2D eigenvalue weighted by Crippen LogP contribution is 2.17. The van der Waals surface area contributed by atoms with E-state index in [1.165, 1.54) is 11.1 Å². The Hall–Kier alpha value is -1.80. The van der Waals surface area contributed by atoms with Gasteiger partial charge in [-0.15, -0.1) is 0 Å². The summed E-state index contributed by atoms with van der Waals surface area (Å²) < 4.78 is 0. The lowest BCUT2D eigenvalue weighted by Crippen LogP contribution is -2.10. The van der Waals surface area contributed by atoms with Crippen LogP contribution in [0.15, 0.2) is 42.5 Å². The molecule has 0 aliphatic rings. The summed E-state index contributed by atoms with van der Waals surface area (Å²) in [4.78, 5) is 2.17. The fourth-order valence-corrected chi connectivity index (χ4v) is 2.06. The second-order valence-electron chi connectivity index (χ2n) is 4.86. The fraction of sp³-hybridized carbons (Fsp3) is 0.250. The van der Waals surface area contributed by atoms with Crippen molar-refractivity contribution in [3.05, 3.63) is 65.2 Å². The third-order valence-corrected chi connectivity index (χ3v) is 2.88. The van der Waals surface area contributed by atoms with E-state index in [1.54, 1.807) is 0 Å². The van der Waals surface area contributed by atoms with Crippen LogP contribution in [0, 0.1) is 6.07 Å². The SMILES string of the molecule is CN(C)Cc1cccc(Cc2cc[c]cc2N)c1. The van der Waals surface area contributed by atoms with E-state index in [4.69, 9.17) is 5.73 Å². The van der Waals surface area contributed by atoms with Gasteiger partial charge < -0.3 is 10.6 Å². The molecular weight excluding hydrogens is 220 g/mol. The Morgan fingerprint density at radius 3 is 2.67 bits per heavy atom. The van der Waals surface area contributed by atoms with Crippen LogP contribution in [-0.2, 0) is 13.0 Å². The molecule has 2 N–H and O–H groups in total. The third-order valence-electron chi connectivity index (χ3n) is 2.88. The van der Waals surface area contributed by atoms with Crippen LogP contribution >= 0.6 is 0 Å². The van der Waals surface area contributed by atoms with Crippen molar-refractivity contribution in [2.45, 2.75) is 13.0 Å². The van der Waals surface area contributed by atoms with Crippen LogP contribution in [0.5, 0.6) is 0 Å². The molecule has 0 aliphatic carbocycles. The lowest BCUT2D eigenvalue weighted by Gasteiger charge is -2.11. The van der Waals surface area contributed by atoms with Gasteiger partial charge >= 0.3 is 0 Å². The summed E-state index contributed by atoms with van der Waals surface area (Å²) in [5.41, 5.74) is 10.6. The van der Waals surface area contributed by atoms with Gasteiger partial charge in [0.05, 0.1) is 0 Å². The summed E-state index contributed by atoms with van der Waals surface area (Å²) in [6.45, 7) is 0.964. The number of rotatable bonds is 4. The Morgan fingerprint density at radius 2 is 1.94 bits per heavy atom. The summed E-state index contributed by atoms with van der Waals surface area (Å²) in [5.74, 6) is 0. The molecule has 2 aromatic rings. The number of nitrogen functional groups attached to an aromatic ring is 1. The first kappa shape index (κ1) is 12.7. The zero-order valence-corrected chi connectivity index (χ0v) is 11.0. The van der Waals surface area contributed by atoms with Crippen molar-refractivity contribution >= 4 is 5.69 Å². The molecule has 0 unspecified atom stereocenters. The van der Waals surface area contributed by atoms with Crippen LogP contribution in [0.3, 0.4) is 0 Å². The summed E-state index contributed by atoms with van der Waals surface area (Å²) >= 11 is 0. The van der Waals surface area contributed by atoms with Crippen LogP contribution in [0.1, 0.15) is 16.7 Å². The molecule has 0 spiro atoms. The van der Waals surface area contributed by atoms with Crippen molar-refractivity contribution in [2.75, 3.05) is 19.8 Å². The number of nitrogens with zero attached hydrogens (tertiary/aromatic N) is 1. The highest BCUT2D eigenvalue weighted by atomic mass is 15.0. The van der Waals surface area contributed by atoms with E-state index in [2.05, 4.69) is 49.3 Å². The van der Waals surface area contributed by atoms with Crippen LogP contribution in [0.4, 0.5) is 5.69 Å². The molecule has 2 rings (SSSR count). The summed E-state index contributed by atoms with van der Waals surface area (Å²) in [6.07, 6.45) is 0.877. The maximum Gasteiger partial charge on any atom is 0.0356 e. The normalized spacial score (nSPS) is 10.8. The molecule has 0 heterocycles. The van der Waals surface area contributed by atoms with E-state index >= 15 is 0 Å². The van der Waals surface area contributed by atoms with Gasteiger partial charge in [0, 0.05) is 12.2 Å². The van der Waals surface area contributed by atoms with E-state index in [0.717, 1.165) is 24.2 Å². The molecule has 93 valence electrons. The highest BCUT2D eigenvalue weighted by Gasteiger charge is 2.02. The smallest absolute Gasteiger partial charge is 0.0356 e. The first-order chi connectivity index (χ1) is 8.65. The fourth-order valence-electron chi connectivity index (χ4n) is 2.06. The van der Waals surface area contributed by atoms with Crippen LogP contribution in [0.2, 0.25) is 0 Å². The van der Waals surface area contributed by atoms with Gasteiger partial charge in [0.1, 0.15) is 0 Å². The van der Waals surface area contributed by atoms with Crippen LogP contribution < -0.4 is 5.73 Å². The lowest BCUT2D eigenvalue weighted by atomic mass is 10.0. The monoisotopic (exact) mass is 239 g/mol. The predicted molar refractivity (Wildman–Crippen MR) is 76.3 cm³/mol. The maximum absolute atomic E-state index is 5.95. The second-order valence-corrected chi connectivity index (χ2v) is 4.86. The summed E-state index contributed by atoms with van der Waals surface area (Å²) in [7, 11) is 4.16. The molecule has 0 amide bonds. The number of benzene rings is 2. The first-order valence-electron chi connectivity index (χ1n) is 6.12. The first-order valence-corrected chi connectivity index (χ1v) is 6.12. The zero-order valence-electron chi connectivity index (χ0n) is 11.0. The predicted octanol–water partition coefficient (Wildman–Crippen LogP) is 2.72. The number of hydrogen-bond acceptors (Lipinski definition) is 2. The van der Waals surface area contributed by atoms with E-state index in [9.17, 15) is 0 Å². The minimum absolute atomic E-state index is 0.815. The Kier molecular flexibility index (Phi) is 4.00. The third kappa shape index (κ3) is 3.34. The molecule has 2 aromatic carbocycles. The van der Waals surface area contributed by atoms with E-state index in [1.807, 2.05) is 18.2 Å². The Balaban J connectivity index is 2.17. The van der Waals surface area contributed by atoms with Gasteiger partial charge in [-0.3, -0.25) is 0 Å². The molecule has 18 heavy (non-hydrogen) atoms. The van der Waals surface area contributed by atoms with Crippen molar-refractivity contribution in [1.29, 1.82) is 0 Å². The molecule has 0 aromatic heterocycles. The standard InChI is InChI=1S/C16H19N2/c1-18(2)12-14-7-5-6-13(10-14)11-15-8-3-4-9-16(15)17/h3,5-10H,11-12,17H2,1-2H3. The van der Waals surface area contributed by atoms with Crippen molar-refractivity contribution < 1.29 is 0 Å². The highest BCUT2D eigenvalue weighted by molar-refractivity contribution is 5.48. The molecule has 0 saturated heterocycles. The molecule has 1 radical (unpaired) electrons. The van der Waals surface area contributed by atoms with E-state index < -0.39 is 0 Å². The largest absolute Gasteiger partial charge is 0.398 e. The minimum Gasteiger partial charge on any atom is -0.398 e. The molecule has 0 atom stereocenters. The molecular formula is C16H19N2. The molecule has 0 fully saturated rings. The van der Waals surface area contributed by atoms with Gasteiger partial charge in [-0.05, 0) is 49.3 Å². The Labute approximate surface area is 109 Å². The molecule has 0 saturated carbocycles. The van der Waals surface area contributed by atoms with Gasteiger partial charge in [-0.2, -0.15) is 0 Å². The average molecular weight is 239 g/mol. The zero-order chi connectivity index (χ0) is 13.0. The Bertz CT molecular complexity index is 518. The number of hydrogen-bond donors (Lipinski definition) is 1. The minimum atomic E-state index is 0.815. The van der Waals surface area contributed by atoms with Crippen molar-refractivity contribution in [2.24, 2.45) is 0 Å². The maximum atomic E-state index is 5.95. The van der Waals surface area contributed by atoms with Crippen molar-refractivity contribution in [3.63, 3.8) is 0 Å².